The largest absolute Gasteiger partial charge is 0.488 e. The van der Waals surface area contributed by atoms with Crippen molar-refractivity contribution in [3.05, 3.63) is 42.7 Å². The van der Waals surface area contributed by atoms with Gasteiger partial charge in [0.1, 0.15) is 6.61 Å². The Labute approximate surface area is 87.7 Å². The van der Waals surface area contributed by atoms with Crippen LogP contribution in [0.5, 0.6) is 5.75 Å². The number of para-hydroxylation sites is 1. The summed E-state index contributed by atoms with van der Waals surface area (Å²) in [5.41, 5.74) is 0.983. The topological polar surface area (TPSA) is 47.3 Å². The maximum Gasteiger partial charge on any atom is 0.157 e. The monoisotopic (exact) mass is 204 g/mol. The zero-order valence-corrected chi connectivity index (χ0v) is 8.21. The highest BCUT2D eigenvalue weighted by molar-refractivity contribution is 5.31. The van der Waals surface area contributed by atoms with Crippen LogP contribution in [0.15, 0.2) is 42.7 Å². The Morgan fingerprint density at radius 2 is 2.07 bits per heavy atom. The molecule has 0 radical (unpaired) electrons. The van der Waals surface area contributed by atoms with Crippen molar-refractivity contribution in [1.82, 2.24) is 9.78 Å². The third kappa shape index (κ3) is 2.35. The molecular formula is C11H12N2O2. The number of aliphatic hydroxyl groups is 1. The minimum absolute atomic E-state index is 0.0104. The standard InChI is InChI=1S/C11H12N2O2/c14-6-7-15-11-8-12-13(9-11)10-4-2-1-3-5-10/h1-5,8-9,14H,6-7H2. The van der Waals surface area contributed by atoms with Gasteiger partial charge in [0.2, 0.25) is 0 Å². The Balaban J connectivity index is 2.14. The number of hydrogen-bond donors (Lipinski definition) is 1. The highest BCUT2D eigenvalue weighted by atomic mass is 16.5. The first-order chi connectivity index (χ1) is 7.40. The van der Waals surface area contributed by atoms with Crippen LogP contribution in [0, 0.1) is 0 Å². The van der Waals surface area contributed by atoms with Gasteiger partial charge < -0.3 is 9.84 Å². The van der Waals surface area contributed by atoms with Gasteiger partial charge in [0.15, 0.2) is 5.75 Å². The van der Waals surface area contributed by atoms with Crippen molar-refractivity contribution in [2.75, 3.05) is 13.2 Å². The SMILES string of the molecule is OCCOc1cnn(-c2ccccc2)c1. The van der Waals surface area contributed by atoms with Gasteiger partial charge in [0.25, 0.3) is 0 Å². The van der Waals surface area contributed by atoms with Crippen molar-refractivity contribution in [1.29, 1.82) is 0 Å². The van der Waals surface area contributed by atoms with Crippen LogP contribution in [-0.2, 0) is 0 Å². The molecule has 2 aromatic rings. The summed E-state index contributed by atoms with van der Waals surface area (Å²) in [6, 6.07) is 9.78. The van der Waals surface area contributed by atoms with E-state index in [1.807, 2.05) is 30.3 Å². The Morgan fingerprint density at radius 3 is 2.80 bits per heavy atom. The van der Waals surface area contributed by atoms with E-state index in [-0.39, 0.29) is 6.61 Å². The van der Waals surface area contributed by atoms with E-state index in [0.717, 1.165) is 5.69 Å². The fourth-order valence-electron chi connectivity index (χ4n) is 1.27. The summed E-state index contributed by atoms with van der Waals surface area (Å²) >= 11 is 0. The maximum absolute atomic E-state index is 8.60. The Morgan fingerprint density at radius 1 is 1.27 bits per heavy atom. The molecule has 4 nitrogen and oxygen atoms in total. The second-order valence-electron chi connectivity index (χ2n) is 3.03. The van der Waals surface area contributed by atoms with Crippen LogP contribution < -0.4 is 4.74 Å². The lowest BCUT2D eigenvalue weighted by molar-refractivity contribution is 0.201. The van der Waals surface area contributed by atoms with Gasteiger partial charge in [-0.2, -0.15) is 5.10 Å². The molecule has 1 aromatic carbocycles. The summed E-state index contributed by atoms with van der Waals surface area (Å²) in [6.45, 7) is 0.303. The predicted molar refractivity (Wildman–Crippen MR) is 56.1 cm³/mol. The molecular weight excluding hydrogens is 192 g/mol. The van der Waals surface area contributed by atoms with E-state index in [0.29, 0.717) is 12.4 Å². The van der Waals surface area contributed by atoms with Gasteiger partial charge in [0, 0.05) is 0 Å². The fourth-order valence-corrected chi connectivity index (χ4v) is 1.27. The third-order valence-corrected chi connectivity index (χ3v) is 1.94. The Kier molecular flexibility index (Phi) is 2.99. The molecule has 0 aliphatic carbocycles. The predicted octanol–water partition coefficient (Wildman–Crippen LogP) is 1.24. The van der Waals surface area contributed by atoms with Crippen molar-refractivity contribution >= 4 is 0 Å². The molecule has 0 atom stereocenters. The van der Waals surface area contributed by atoms with Gasteiger partial charge in [-0.3, -0.25) is 0 Å². The van der Waals surface area contributed by atoms with Gasteiger partial charge in [-0.25, -0.2) is 4.68 Å². The molecule has 0 saturated heterocycles. The van der Waals surface area contributed by atoms with E-state index in [1.54, 1.807) is 17.1 Å². The molecule has 78 valence electrons. The summed E-state index contributed by atoms with van der Waals surface area (Å²) in [5.74, 6) is 0.660. The molecule has 1 aromatic heterocycles. The Bertz CT molecular complexity index is 412. The molecule has 0 aliphatic heterocycles. The average Bonchev–Trinajstić information content (AvgIpc) is 2.76. The van der Waals surface area contributed by atoms with Crippen LogP contribution in [0.3, 0.4) is 0 Å². The van der Waals surface area contributed by atoms with Crippen molar-refractivity contribution < 1.29 is 9.84 Å². The summed E-state index contributed by atoms with van der Waals surface area (Å²) in [5, 5.41) is 12.7. The molecule has 0 spiro atoms. The zero-order valence-electron chi connectivity index (χ0n) is 8.21. The molecule has 0 unspecified atom stereocenters. The third-order valence-electron chi connectivity index (χ3n) is 1.94. The lowest BCUT2D eigenvalue weighted by Crippen LogP contribution is -2.00. The van der Waals surface area contributed by atoms with Crippen LogP contribution in [0.2, 0.25) is 0 Å². The van der Waals surface area contributed by atoms with E-state index in [2.05, 4.69) is 5.10 Å². The normalized spacial score (nSPS) is 10.2. The second-order valence-corrected chi connectivity index (χ2v) is 3.03. The molecule has 4 heteroatoms. The number of aromatic nitrogens is 2. The smallest absolute Gasteiger partial charge is 0.157 e. The number of benzene rings is 1. The quantitative estimate of drug-likeness (QED) is 0.815. The van der Waals surface area contributed by atoms with E-state index in [4.69, 9.17) is 9.84 Å². The van der Waals surface area contributed by atoms with Crippen LogP contribution in [0.1, 0.15) is 0 Å². The molecule has 0 saturated carbocycles. The lowest BCUT2D eigenvalue weighted by Gasteiger charge is -2.00. The average molecular weight is 204 g/mol. The molecule has 0 amide bonds. The van der Waals surface area contributed by atoms with Gasteiger partial charge >= 0.3 is 0 Å². The first-order valence-corrected chi connectivity index (χ1v) is 4.74. The Hall–Kier alpha value is -1.81. The van der Waals surface area contributed by atoms with E-state index in [9.17, 15) is 0 Å². The number of aliphatic hydroxyl groups excluding tert-OH is 1. The summed E-state index contributed by atoms with van der Waals surface area (Å²) < 4.78 is 6.95. The second kappa shape index (κ2) is 4.61. The van der Waals surface area contributed by atoms with Crippen LogP contribution >= 0.6 is 0 Å². The molecule has 0 fully saturated rings. The maximum atomic E-state index is 8.60. The van der Waals surface area contributed by atoms with Crippen molar-refractivity contribution in [2.24, 2.45) is 0 Å². The fraction of sp³-hybridized carbons (Fsp3) is 0.182. The first-order valence-electron chi connectivity index (χ1n) is 4.74. The summed E-state index contributed by atoms with van der Waals surface area (Å²) in [6.07, 6.45) is 3.41. The summed E-state index contributed by atoms with van der Waals surface area (Å²) in [7, 11) is 0. The van der Waals surface area contributed by atoms with Gasteiger partial charge in [-0.15, -0.1) is 0 Å². The first kappa shape index (κ1) is 9.73. The van der Waals surface area contributed by atoms with Gasteiger partial charge in [0.05, 0.1) is 24.7 Å². The highest BCUT2D eigenvalue weighted by Crippen LogP contribution is 2.12. The van der Waals surface area contributed by atoms with E-state index < -0.39 is 0 Å². The highest BCUT2D eigenvalue weighted by Gasteiger charge is 2.00. The zero-order chi connectivity index (χ0) is 10.5. The van der Waals surface area contributed by atoms with Crippen LogP contribution in [0.25, 0.3) is 5.69 Å². The minimum Gasteiger partial charge on any atom is -0.488 e. The number of ether oxygens (including phenoxy) is 1. The number of rotatable bonds is 4. The van der Waals surface area contributed by atoms with E-state index in [1.165, 1.54) is 0 Å². The molecule has 1 N–H and O–H groups in total. The van der Waals surface area contributed by atoms with E-state index >= 15 is 0 Å². The number of hydrogen-bond acceptors (Lipinski definition) is 3. The lowest BCUT2D eigenvalue weighted by atomic mass is 10.3. The van der Waals surface area contributed by atoms with Gasteiger partial charge in [-0.1, -0.05) is 18.2 Å². The van der Waals surface area contributed by atoms with Gasteiger partial charge in [-0.05, 0) is 12.1 Å². The van der Waals surface area contributed by atoms with Crippen LogP contribution in [-0.4, -0.2) is 28.1 Å². The van der Waals surface area contributed by atoms with Crippen molar-refractivity contribution in [3.8, 4) is 11.4 Å². The molecule has 2 rings (SSSR count). The summed E-state index contributed by atoms with van der Waals surface area (Å²) in [4.78, 5) is 0. The minimum atomic E-state index is 0.0104. The molecule has 15 heavy (non-hydrogen) atoms. The molecule has 1 heterocycles. The number of nitrogens with zero attached hydrogens (tertiary/aromatic N) is 2. The molecule has 0 aliphatic rings. The van der Waals surface area contributed by atoms with Crippen molar-refractivity contribution in [2.45, 2.75) is 0 Å². The molecule has 0 bridgehead atoms. The van der Waals surface area contributed by atoms with Crippen LogP contribution in [0.4, 0.5) is 0 Å². The van der Waals surface area contributed by atoms with Crippen molar-refractivity contribution in [3.63, 3.8) is 0 Å².